The van der Waals surface area contributed by atoms with Gasteiger partial charge >= 0.3 is 0 Å². The zero-order valence-corrected chi connectivity index (χ0v) is 21.6. The Hall–Kier alpha value is -3.68. The number of pyridine rings is 1. The number of aromatic nitrogens is 1. The van der Waals surface area contributed by atoms with Crippen molar-refractivity contribution < 1.29 is 4.79 Å². The summed E-state index contributed by atoms with van der Waals surface area (Å²) in [7, 11) is 2.03. The van der Waals surface area contributed by atoms with Crippen molar-refractivity contribution in [2.75, 3.05) is 30.8 Å². The zero-order valence-electron chi connectivity index (χ0n) is 21.6. The highest BCUT2D eigenvalue weighted by molar-refractivity contribution is 6.30. The van der Waals surface area contributed by atoms with Crippen molar-refractivity contribution in [1.82, 2.24) is 15.2 Å². The Morgan fingerprint density at radius 1 is 1.26 bits per heavy atom. The molecule has 1 aromatic heterocycles. The molecule has 8 heteroatoms. The summed E-state index contributed by atoms with van der Waals surface area (Å²) in [5, 5.41) is 9.69. The van der Waals surface area contributed by atoms with Gasteiger partial charge in [0.1, 0.15) is 11.7 Å². The second kappa shape index (κ2) is 12.1. The van der Waals surface area contributed by atoms with Gasteiger partial charge < -0.3 is 20.9 Å². The van der Waals surface area contributed by atoms with Gasteiger partial charge in [-0.15, -0.1) is 0 Å². The maximum Gasteiger partial charge on any atom is 0.257 e. The number of aliphatic imine (C=N–C) groups is 2. The maximum atomic E-state index is 12.8. The minimum absolute atomic E-state index is 0.0130. The van der Waals surface area contributed by atoms with Crippen LogP contribution in [0.25, 0.3) is 0 Å². The number of amidine groups is 1. The van der Waals surface area contributed by atoms with E-state index in [1.807, 2.05) is 57.4 Å². The van der Waals surface area contributed by atoms with E-state index in [0.717, 1.165) is 53.7 Å². The molecule has 2 heterocycles. The first-order valence-corrected chi connectivity index (χ1v) is 12.2. The highest BCUT2D eigenvalue weighted by atomic mass is 16.1. The van der Waals surface area contributed by atoms with Crippen LogP contribution in [0.2, 0.25) is 0 Å². The average Bonchev–Trinajstić information content (AvgIpc) is 2.85. The zero-order chi connectivity index (χ0) is 25.4. The topological polar surface area (TPSA) is 94.0 Å². The fourth-order valence-electron chi connectivity index (χ4n) is 3.61. The lowest BCUT2D eigenvalue weighted by Crippen LogP contribution is -2.31. The molecule has 3 N–H and O–H groups in total. The first kappa shape index (κ1) is 25.9. The number of aryl methyl sites for hydroxylation is 1. The molecule has 3 rings (SSSR count). The highest BCUT2D eigenvalue weighted by Gasteiger charge is 2.16. The third-order valence-corrected chi connectivity index (χ3v) is 5.84. The molecule has 0 saturated heterocycles. The normalized spacial score (nSPS) is 17.0. The van der Waals surface area contributed by atoms with Gasteiger partial charge in [-0.1, -0.05) is 19.1 Å². The SMILES string of the molecule is CCCNc1ncc(C(=O)Nc2cccc([C@H](C)NC3=NC(C)/C(=C\N(C)CC)N=C3)c2)cc1C. The van der Waals surface area contributed by atoms with E-state index in [1.165, 1.54) is 0 Å². The van der Waals surface area contributed by atoms with Gasteiger partial charge in [0.2, 0.25) is 0 Å². The summed E-state index contributed by atoms with van der Waals surface area (Å²) in [6.45, 7) is 12.0. The van der Waals surface area contributed by atoms with Gasteiger partial charge in [0.25, 0.3) is 5.91 Å². The molecule has 0 saturated carbocycles. The molecule has 0 bridgehead atoms. The molecule has 1 aliphatic rings. The number of benzene rings is 1. The predicted molar refractivity (Wildman–Crippen MR) is 145 cm³/mol. The second-order valence-electron chi connectivity index (χ2n) is 8.84. The van der Waals surface area contributed by atoms with Crippen LogP contribution in [0.15, 0.2) is 58.4 Å². The lowest BCUT2D eigenvalue weighted by atomic mass is 10.1. The van der Waals surface area contributed by atoms with Gasteiger partial charge in [0.05, 0.1) is 29.6 Å². The molecule has 1 amide bonds. The molecular formula is C27H37N7O. The Bertz CT molecular complexity index is 1120. The van der Waals surface area contributed by atoms with Gasteiger partial charge in [-0.25, -0.2) is 4.98 Å². The van der Waals surface area contributed by atoms with Crippen LogP contribution in [0, 0.1) is 6.92 Å². The van der Waals surface area contributed by atoms with Crippen LogP contribution < -0.4 is 16.0 Å². The summed E-state index contributed by atoms with van der Waals surface area (Å²) in [6.07, 6.45) is 6.42. The molecule has 1 unspecified atom stereocenters. The largest absolute Gasteiger partial charge is 0.379 e. The highest BCUT2D eigenvalue weighted by Crippen LogP contribution is 2.20. The number of hydrogen-bond acceptors (Lipinski definition) is 7. The number of hydrogen-bond donors (Lipinski definition) is 3. The molecule has 1 aromatic carbocycles. The number of carbonyl (C=O) groups is 1. The van der Waals surface area contributed by atoms with Gasteiger partial charge in [0.15, 0.2) is 0 Å². The van der Waals surface area contributed by atoms with Gasteiger partial charge in [0, 0.05) is 38.2 Å². The molecule has 0 radical (unpaired) electrons. The number of carbonyl (C=O) groups excluding carboxylic acids is 1. The first-order chi connectivity index (χ1) is 16.8. The van der Waals surface area contributed by atoms with Crippen LogP contribution in [-0.4, -0.2) is 54.0 Å². The number of nitrogens with zero attached hydrogens (tertiary/aromatic N) is 4. The van der Waals surface area contributed by atoms with Crippen LogP contribution in [0.3, 0.4) is 0 Å². The monoisotopic (exact) mass is 475 g/mol. The van der Waals surface area contributed by atoms with Crippen molar-refractivity contribution in [2.24, 2.45) is 9.98 Å². The smallest absolute Gasteiger partial charge is 0.257 e. The van der Waals surface area contributed by atoms with Crippen molar-refractivity contribution >= 4 is 29.5 Å². The fourth-order valence-corrected chi connectivity index (χ4v) is 3.61. The van der Waals surface area contributed by atoms with Crippen molar-refractivity contribution in [3.05, 3.63) is 65.1 Å². The molecular weight excluding hydrogens is 438 g/mol. The number of nitrogens with one attached hydrogen (secondary N) is 3. The summed E-state index contributed by atoms with van der Waals surface area (Å²) in [4.78, 5) is 28.6. The van der Waals surface area contributed by atoms with E-state index in [1.54, 1.807) is 12.4 Å². The van der Waals surface area contributed by atoms with E-state index in [4.69, 9.17) is 4.99 Å². The van der Waals surface area contributed by atoms with Crippen LogP contribution in [-0.2, 0) is 0 Å². The maximum absolute atomic E-state index is 12.8. The number of amides is 1. The standard InChI is InChI=1S/C27H37N7O/c1-7-12-28-26-18(3)13-22(15-30-26)27(35)33-23-11-9-10-21(14-23)19(4)31-25-16-29-24(20(5)32-25)17-34(6)8-2/h9-11,13-17,19-20H,7-8,12H2,1-6H3,(H,28,30)(H,31,32)(H,33,35)/b24-17+/t19-,20?/m0/s1. The quantitative estimate of drug-likeness (QED) is 0.485. The predicted octanol–water partition coefficient (Wildman–Crippen LogP) is 4.78. The van der Waals surface area contributed by atoms with Crippen molar-refractivity contribution in [3.8, 4) is 0 Å². The van der Waals surface area contributed by atoms with E-state index in [0.29, 0.717) is 5.56 Å². The molecule has 1 aliphatic heterocycles. The Balaban J connectivity index is 1.64. The third kappa shape index (κ3) is 7.15. The summed E-state index contributed by atoms with van der Waals surface area (Å²) < 4.78 is 0. The number of anilines is 2. The van der Waals surface area contributed by atoms with E-state index in [9.17, 15) is 4.79 Å². The summed E-state index contributed by atoms with van der Waals surface area (Å²) in [5.41, 5.74) is 4.18. The van der Waals surface area contributed by atoms with E-state index < -0.39 is 0 Å². The summed E-state index contributed by atoms with van der Waals surface area (Å²) in [6, 6.07) is 9.64. The van der Waals surface area contributed by atoms with E-state index in [-0.39, 0.29) is 18.0 Å². The molecule has 2 aromatic rings. The van der Waals surface area contributed by atoms with Crippen LogP contribution in [0.5, 0.6) is 0 Å². The lowest BCUT2D eigenvalue weighted by Gasteiger charge is -2.21. The van der Waals surface area contributed by atoms with Gasteiger partial charge in [-0.3, -0.25) is 14.8 Å². The van der Waals surface area contributed by atoms with Gasteiger partial charge in [-0.2, -0.15) is 0 Å². The Labute approximate surface area is 208 Å². The minimum atomic E-state index is -0.186. The van der Waals surface area contributed by atoms with Crippen LogP contribution >= 0.6 is 0 Å². The molecule has 0 spiro atoms. The average molecular weight is 476 g/mol. The minimum Gasteiger partial charge on any atom is -0.379 e. The Kier molecular flexibility index (Phi) is 9.00. The van der Waals surface area contributed by atoms with E-state index >= 15 is 0 Å². The molecule has 186 valence electrons. The molecule has 2 atom stereocenters. The fraction of sp³-hybridized carbons (Fsp3) is 0.407. The summed E-state index contributed by atoms with van der Waals surface area (Å²) >= 11 is 0. The Morgan fingerprint density at radius 3 is 2.74 bits per heavy atom. The van der Waals surface area contributed by atoms with Crippen LogP contribution in [0.4, 0.5) is 11.5 Å². The van der Waals surface area contributed by atoms with E-state index in [2.05, 4.69) is 51.6 Å². The molecule has 8 nitrogen and oxygen atoms in total. The van der Waals surface area contributed by atoms with Crippen LogP contribution in [0.1, 0.15) is 61.6 Å². The molecule has 35 heavy (non-hydrogen) atoms. The third-order valence-electron chi connectivity index (χ3n) is 5.84. The van der Waals surface area contributed by atoms with Gasteiger partial charge in [-0.05, 0) is 63.4 Å². The lowest BCUT2D eigenvalue weighted by molar-refractivity contribution is 0.102. The van der Waals surface area contributed by atoms with Crippen molar-refractivity contribution in [2.45, 2.75) is 53.1 Å². The van der Waals surface area contributed by atoms with Crippen molar-refractivity contribution in [1.29, 1.82) is 0 Å². The van der Waals surface area contributed by atoms with Crippen molar-refractivity contribution in [3.63, 3.8) is 0 Å². The summed E-state index contributed by atoms with van der Waals surface area (Å²) in [5.74, 6) is 1.37. The number of rotatable bonds is 9. The molecule has 0 aliphatic carbocycles. The molecule has 0 fully saturated rings. The Morgan fingerprint density at radius 2 is 2.06 bits per heavy atom. The second-order valence-corrected chi connectivity index (χ2v) is 8.84. The first-order valence-electron chi connectivity index (χ1n) is 12.2.